The van der Waals surface area contributed by atoms with E-state index in [4.69, 9.17) is 9.26 Å². The van der Waals surface area contributed by atoms with Crippen molar-refractivity contribution in [3.05, 3.63) is 17.5 Å². The van der Waals surface area contributed by atoms with Crippen molar-refractivity contribution in [2.24, 2.45) is 5.92 Å². The van der Waals surface area contributed by atoms with Gasteiger partial charge in [-0.1, -0.05) is 19.0 Å². The average Bonchev–Trinajstić information content (AvgIpc) is 3.01. The number of hydrogen-bond donors (Lipinski definition) is 1. The fourth-order valence-corrected chi connectivity index (χ4v) is 1.54. The molecule has 4 nitrogen and oxygen atoms in total. The molecule has 0 radical (unpaired) electrons. The van der Waals surface area contributed by atoms with Crippen LogP contribution in [0, 0.1) is 5.92 Å². The van der Waals surface area contributed by atoms with Gasteiger partial charge in [0, 0.05) is 25.3 Å². The molecule has 1 saturated carbocycles. The SMILES string of the molecule is CC(C)CCOCc1cc(CNC2CC2)no1. The summed E-state index contributed by atoms with van der Waals surface area (Å²) >= 11 is 0. The molecule has 1 aromatic rings. The van der Waals surface area contributed by atoms with E-state index in [1.54, 1.807) is 0 Å². The van der Waals surface area contributed by atoms with Crippen LogP contribution in [0.5, 0.6) is 0 Å². The normalized spacial score (nSPS) is 15.7. The van der Waals surface area contributed by atoms with Gasteiger partial charge < -0.3 is 14.6 Å². The highest BCUT2D eigenvalue weighted by Crippen LogP contribution is 2.19. The lowest BCUT2D eigenvalue weighted by Gasteiger charge is -2.03. The summed E-state index contributed by atoms with van der Waals surface area (Å²) in [5, 5.41) is 7.42. The quantitative estimate of drug-likeness (QED) is 0.707. The van der Waals surface area contributed by atoms with E-state index in [1.807, 2.05) is 6.07 Å². The zero-order valence-corrected chi connectivity index (χ0v) is 10.7. The van der Waals surface area contributed by atoms with E-state index in [0.29, 0.717) is 18.6 Å². The maximum absolute atomic E-state index is 5.53. The molecule has 1 aliphatic carbocycles. The van der Waals surface area contributed by atoms with Gasteiger partial charge in [0.2, 0.25) is 0 Å². The van der Waals surface area contributed by atoms with Crippen LogP contribution in [0.25, 0.3) is 0 Å². The van der Waals surface area contributed by atoms with Gasteiger partial charge in [0.05, 0.1) is 5.69 Å². The second kappa shape index (κ2) is 6.17. The molecule has 1 heterocycles. The van der Waals surface area contributed by atoms with Crippen LogP contribution in [0.1, 0.15) is 44.6 Å². The molecule has 96 valence electrons. The van der Waals surface area contributed by atoms with Gasteiger partial charge in [0.1, 0.15) is 6.61 Å². The summed E-state index contributed by atoms with van der Waals surface area (Å²) in [6.07, 6.45) is 3.68. The third-order valence-corrected chi connectivity index (χ3v) is 2.84. The second-order valence-corrected chi connectivity index (χ2v) is 5.17. The van der Waals surface area contributed by atoms with Crippen LogP contribution in [-0.4, -0.2) is 17.8 Å². The van der Waals surface area contributed by atoms with Crippen LogP contribution in [-0.2, 0) is 17.9 Å². The molecule has 1 aliphatic rings. The lowest BCUT2D eigenvalue weighted by Crippen LogP contribution is -2.15. The van der Waals surface area contributed by atoms with Crippen molar-refractivity contribution >= 4 is 0 Å². The Morgan fingerprint density at radius 3 is 3.06 bits per heavy atom. The summed E-state index contributed by atoms with van der Waals surface area (Å²) in [7, 11) is 0. The van der Waals surface area contributed by atoms with Gasteiger partial charge in [-0.25, -0.2) is 0 Å². The lowest BCUT2D eigenvalue weighted by atomic mass is 10.1. The Kier molecular flexibility index (Phi) is 4.57. The molecule has 2 rings (SSSR count). The summed E-state index contributed by atoms with van der Waals surface area (Å²) < 4.78 is 10.7. The fourth-order valence-electron chi connectivity index (χ4n) is 1.54. The van der Waals surface area contributed by atoms with E-state index in [9.17, 15) is 0 Å². The minimum atomic E-state index is 0.531. The molecule has 0 atom stereocenters. The van der Waals surface area contributed by atoms with Crippen molar-refractivity contribution < 1.29 is 9.26 Å². The van der Waals surface area contributed by atoms with Crippen LogP contribution in [0.15, 0.2) is 10.6 Å². The third kappa shape index (κ3) is 4.88. The molecule has 1 fully saturated rings. The monoisotopic (exact) mass is 238 g/mol. The molecular formula is C13H22N2O2. The van der Waals surface area contributed by atoms with Gasteiger partial charge in [-0.2, -0.15) is 0 Å². The van der Waals surface area contributed by atoms with E-state index in [1.165, 1.54) is 12.8 Å². The van der Waals surface area contributed by atoms with Gasteiger partial charge in [-0.15, -0.1) is 0 Å². The van der Waals surface area contributed by atoms with Gasteiger partial charge in [-0.05, 0) is 25.2 Å². The van der Waals surface area contributed by atoms with E-state index in [2.05, 4.69) is 24.3 Å². The number of nitrogens with one attached hydrogen (secondary N) is 1. The van der Waals surface area contributed by atoms with Crippen molar-refractivity contribution in [3.63, 3.8) is 0 Å². The second-order valence-electron chi connectivity index (χ2n) is 5.17. The molecule has 0 aromatic carbocycles. The van der Waals surface area contributed by atoms with E-state index >= 15 is 0 Å². The molecule has 1 aromatic heterocycles. The first-order valence-electron chi connectivity index (χ1n) is 6.49. The average molecular weight is 238 g/mol. The highest BCUT2D eigenvalue weighted by atomic mass is 16.5. The van der Waals surface area contributed by atoms with E-state index in [-0.39, 0.29) is 0 Å². The van der Waals surface area contributed by atoms with Gasteiger partial charge in [-0.3, -0.25) is 0 Å². The number of rotatable bonds is 8. The summed E-state index contributed by atoms with van der Waals surface area (Å²) in [5.41, 5.74) is 0.972. The van der Waals surface area contributed by atoms with Crippen molar-refractivity contribution in [1.29, 1.82) is 0 Å². The topological polar surface area (TPSA) is 47.3 Å². The van der Waals surface area contributed by atoms with E-state index < -0.39 is 0 Å². The first kappa shape index (κ1) is 12.6. The highest BCUT2D eigenvalue weighted by Gasteiger charge is 2.20. The van der Waals surface area contributed by atoms with Gasteiger partial charge in [0.15, 0.2) is 5.76 Å². The first-order chi connectivity index (χ1) is 8.24. The zero-order chi connectivity index (χ0) is 12.1. The number of hydrogen-bond acceptors (Lipinski definition) is 4. The summed E-state index contributed by atoms with van der Waals surface area (Å²) in [6, 6.07) is 2.68. The van der Waals surface area contributed by atoms with Crippen molar-refractivity contribution in [2.45, 2.75) is 52.3 Å². The van der Waals surface area contributed by atoms with Crippen LogP contribution in [0.3, 0.4) is 0 Å². The van der Waals surface area contributed by atoms with E-state index in [0.717, 1.165) is 31.0 Å². The van der Waals surface area contributed by atoms with Gasteiger partial charge >= 0.3 is 0 Å². The molecular weight excluding hydrogens is 216 g/mol. The zero-order valence-electron chi connectivity index (χ0n) is 10.7. The Morgan fingerprint density at radius 1 is 1.53 bits per heavy atom. The minimum absolute atomic E-state index is 0.531. The molecule has 0 bridgehead atoms. The minimum Gasteiger partial charge on any atom is -0.373 e. The van der Waals surface area contributed by atoms with Crippen LogP contribution in [0.4, 0.5) is 0 Å². The summed E-state index contributed by atoms with van der Waals surface area (Å²) in [4.78, 5) is 0. The molecule has 17 heavy (non-hydrogen) atoms. The first-order valence-corrected chi connectivity index (χ1v) is 6.49. The molecule has 4 heteroatoms. The number of nitrogens with zero attached hydrogens (tertiary/aromatic N) is 1. The van der Waals surface area contributed by atoms with Crippen molar-refractivity contribution in [3.8, 4) is 0 Å². The van der Waals surface area contributed by atoms with Gasteiger partial charge in [0.25, 0.3) is 0 Å². The van der Waals surface area contributed by atoms with Crippen LogP contribution < -0.4 is 5.32 Å². The Morgan fingerprint density at radius 2 is 2.35 bits per heavy atom. The Hall–Kier alpha value is -0.870. The summed E-state index contributed by atoms with van der Waals surface area (Å²) in [6.45, 7) is 6.51. The molecule has 0 aliphatic heterocycles. The van der Waals surface area contributed by atoms with Crippen molar-refractivity contribution in [2.75, 3.05) is 6.61 Å². The summed E-state index contributed by atoms with van der Waals surface area (Å²) in [5.74, 6) is 1.50. The molecule has 0 unspecified atom stereocenters. The Bertz CT molecular complexity index is 332. The molecule has 1 N–H and O–H groups in total. The maximum Gasteiger partial charge on any atom is 0.162 e. The number of ether oxygens (including phenoxy) is 1. The highest BCUT2D eigenvalue weighted by molar-refractivity contribution is 5.04. The smallest absolute Gasteiger partial charge is 0.162 e. The Labute approximate surface area is 103 Å². The van der Waals surface area contributed by atoms with Crippen LogP contribution in [0.2, 0.25) is 0 Å². The lowest BCUT2D eigenvalue weighted by molar-refractivity contribution is 0.0924. The molecule has 0 saturated heterocycles. The Balaban J connectivity index is 1.62. The number of aromatic nitrogens is 1. The third-order valence-electron chi connectivity index (χ3n) is 2.84. The fraction of sp³-hybridized carbons (Fsp3) is 0.769. The standard InChI is InChI=1S/C13H22N2O2/c1-10(2)5-6-16-9-13-7-12(15-17-13)8-14-11-3-4-11/h7,10-11,14H,3-6,8-9H2,1-2H3. The predicted molar refractivity (Wildman–Crippen MR) is 65.5 cm³/mol. The maximum atomic E-state index is 5.53. The van der Waals surface area contributed by atoms with Crippen LogP contribution >= 0.6 is 0 Å². The van der Waals surface area contributed by atoms with Crippen molar-refractivity contribution in [1.82, 2.24) is 10.5 Å². The predicted octanol–water partition coefficient (Wildman–Crippen LogP) is 2.49. The molecule has 0 spiro atoms. The molecule has 0 amide bonds. The largest absolute Gasteiger partial charge is 0.373 e.